The first-order chi connectivity index (χ1) is 13.6. The van der Waals surface area contributed by atoms with Crippen LogP contribution in [0.3, 0.4) is 0 Å². The van der Waals surface area contributed by atoms with E-state index in [4.69, 9.17) is 27.9 Å². The van der Waals surface area contributed by atoms with Gasteiger partial charge in [0.15, 0.2) is 11.4 Å². The van der Waals surface area contributed by atoms with Crippen molar-refractivity contribution < 1.29 is 9.53 Å². The van der Waals surface area contributed by atoms with Gasteiger partial charge in [-0.2, -0.15) is 5.10 Å². The van der Waals surface area contributed by atoms with Crippen molar-refractivity contribution >= 4 is 45.0 Å². The fourth-order valence-electron chi connectivity index (χ4n) is 2.83. The molecular formula is C21H20BrCl2N3O2. The Balaban J connectivity index is 2.28. The van der Waals surface area contributed by atoms with E-state index < -0.39 is 5.54 Å². The largest absolute Gasteiger partial charge is 0.492 e. The van der Waals surface area contributed by atoms with E-state index in [0.717, 1.165) is 10.0 Å². The number of nitrogens with zero attached hydrogens (tertiary/aromatic N) is 2. The van der Waals surface area contributed by atoms with Gasteiger partial charge in [0.2, 0.25) is 0 Å². The molecule has 0 saturated heterocycles. The minimum atomic E-state index is -0.429. The fraction of sp³-hybridized carbons (Fsp3) is 0.238. The van der Waals surface area contributed by atoms with Crippen LogP contribution in [-0.4, -0.2) is 28.3 Å². The van der Waals surface area contributed by atoms with Crippen molar-refractivity contribution in [3.05, 3.63) is 62.7 Å². The highest BCUT2D eigenvalue weighted by atomic mass is 79.9. The number of rotatable bonds is 4. The minimum absolute atomic E-state index is 0.173. The Labute approximate surface area is 188 Å². The molecule has 0 spiro atoms. The first kappa shape index (κ1) is 21.7. The summed E-state index contributed by atoms with van der Waals surface area (Å²) in [5.41, 5.74) is 1.75. The van der Waals surface area contributed by atoms with Gasteiger partial charge in [0, 0.05) is 20.6 Å². The molecule has 1 amide bonds. The monoisotopic (exact) mass is 495 g/mol. The van der Waals surface area contributed by atoms with Gasteiger partial charge in [-0.15, -0.1) is 0 Å². The second-order valence-electron chi connectivity index (χ2n) is 7.45. The number of methoxy groups -OCH3 is 1. The van der Waals surface area contributed by atoms with Gasteiger partial charge >= 0.3 is 0 Å². The van der Waals surface area contributed by atoms with E-state index in [9.17, 15) is 4.79 Å². The molecule has 1 aromatic heterocycles. The van der Waals surface area contributed by atoms with E-state index in [-0.39, 0.29) is 11.6 Å². The van der Waals surface area contributed by atoms with E-state index in [1.165, 1.54) is 7.11 Å². The molecule has 5 nitrogen and oxygen atoms in total. The van der Waals surface area contributed by atoms with Gasteiger partial charge in [-0.25, -0.2) is 4.68 Å². The third-order valence-corrected chi connectivity index (χ3v) is 5.05. The van der Waals surface area contributed by atoms with Gasteiger partial charge in [-0.05, 0) is 51.1 Å². The van der Waals surface area contributed by atoms with E-state index in [1.807, 2.05) is 45.0 Å². The van der Waals surface area contributed by atoms with Crippen molar-refractivity contribution in [3.8, 4) is 22.7 Å². The van der Waals surface area contributed by atoms with Crippen molar-refractivity contribution in [2.45, 2.75) is 26.3 Å². The van der Waals surface area contributed by atoms with Crippen LogP contribution in [0.15, 0.2) is 46.9 Å². The smallest absolute Gasteiger partial charge is 0.276 e. The van der Waals surface area contributed by atoms with Crippen LogP contribution in [-0.2, 0) is 0 Å². The Morgan fingerprint density at radius 2 is 1.79 bits per heavy atom. The van der Waals surface area contributed by atoms with Crippen molar-refractivity contribution in [2.75, 3.05) is 7.11 Å². The molecule has 29 heavy (non-hydrogen) atoms. The van der Waals surface area contributed by atoms with Gasteiger partial charge < -0.3 is 10.1 Å². The lowest BCUT2D eigenvalue weighted by atomic mass is 10.1. The van der Waals surface area contributed by atoms with Crippen LogP contribution in [0.4, 0.5) is 0 Å². The SMILES string of the molecule is COc1c(C(=O)NC(C)(C)C)nn(-c2ccc(Br)cc2Cl)c1-c1ccc(Cl)cc1. The molecule has 3 rings (SSSR count). The molecule has 0 atom stereocenters. The highest BCUT2D eigenvalue weighted by Gasteiger charge is 2.28. The first-order valence-electron chi connectivity index (χ1n) is 8.81. The number of aromatic nitrogens is 2. The molecule has 0 aliphatic rings. The maximum atomic E-state index is 12.9. The standard InChI is InChI=1S/C21H20BrCl2N3O2/c1-21(2,3)25-20(28)17-19(29-4)18(12-5-8-14(23)9-6-12)27(26-17)16-10-7-13(22)11-15(16)24/h5-11H,1-4H3,(H,25,28). The molecule has 0 aliphatic heterocycles. The molecule has 0 saturated carbocycles. The number of hydrogen-bond acceptors (Lipinski definition) is 3. The van der Waals surface area contributed by atoms with Gasteiger partial charge in [0.05, 0.1) is 17.8 Å². The zero-order chi connectivity index (χ0) is 21.3. The average molecular weight is 497 g/mol. The Morgan fingerprint density at radius 3 is 2.34 bits per heavy atom. The van der Waals surface area contributed by atoms with Gasteiger partial charge in [-0.1, -0.05) is 51.3 Å². The Kier molecular flexibility index (Phi) is 6.27. The summed E-state index contributed by atoms with van der Waals surface area (Å²) >= 11 is 16.0. The molecule has 8 heteroatoms. The highest BCUT2D eigenvalue weighted by Crippen LogP contribution is 2.38. The summed E-state index contributed by atoms with van der Waals surface area (Å²) in [6.07, 6.45) is 0. The minimum Gasteiger partial charge on any atom is -0.492 e. The van der Waals surface area contributed by atoms with Gasteiger partial charge in [-0.3, -0.25) is 4.79 Å². The molecule has 2 aromatic carbocycles. The lowest BCUT2D eigenvalue weighted by molar-refractivity contribution is 0.0911. The van der Waals surface area contributed by atoms with Gasteiger partial charge in [0.25, 0.3) is 5.91 Å². The van der Waals surface area contributed by atoms with Crippen LogP contribution in [0.25, 0.3) is 16.9 Å². The molecule has 0 radical (unpaired) electrons. The first-order valence-corrected chi connectivity index (χ1v) is 10.4. The fourth-order valence-corrected chi connectivity index (χ4v) is 3.71. The highest BCUT2D eigenvalue weighted by molar-refractivity contribution is 9.10. The second kappa shape index (κ2) is 8.38. The molecule has 0 unspecified atom stereocenters. The molecule has 1 heterocycles. The predicted octanol–water partition coefficient (Wildman–Crippen LogP) is 6.15. The number of carbonyl (C=O) groups excluding carboxylic acids is 1. The van der Waals surface area contributed by atoms with Crippen molar-refractivity contribution in [2.24, 2.45) is 0 Å². The van der Waals surface area contributed by atoms with E-state index in [2.05, 4.69) is 26.3 Å². The van der Waals surface area contributed by atoms with Crippen molar-refractivity contribution in [1.82, 2.24) is 15.1 Å². The van der Waals surface area contributed by atoms with Crippen LogP contribution in [0.2, 0.25) is 10.0 Å². The average Bonchev–Trinajstić information content (AvgIpc) is 3.00. The number of carbonyl (C=O) groups is 1. The summed E-state index contributed by atoms with van der Waals surface area (Å²) in [7, 11) is 1.51. The van der Waals surface area contributed by atoms with Crippen LogP contribution in [0.5, 0.6) is 5.75 Å². The summed E-state index contributed by atoms with van der Waals surface area (Å²) in [6, 6.07) is 12.7. The summed E-state index contributed by atoms with van der Waals surface area (Å²) in [5, 5.41) is 8.58. The molecule has 152 valence electrons. The molecule has 0 aliphatic carbocycles. The zero-order valence-corrected chi connectivity index (χ0v) is 19.5. The lowest BCUT2D eigenvalue weighted by Gasteiger charge is -2.19. The maximum absolute atomic E-state index is 12.9. The zero-order valence-electron chi connectivity index (χ0n) is 16.4. The van der Waals surface area contributed by atoms with E-state index in [1.54, 1.807) is 22.9 Å². The number of hydrogen-bond donors (Lipinski definition) is 1. The second-order valence-corrected chi connectivity index (χ2v) is 9.21. The third kappa shape index (κ3) is 4.77. The Hall–Kier alpha value is -2.02. The van der Waals surface area contributed by atoms with E-state index in [0.29, 0.717) is 27.2 Å². The number of amides is 1. The predicted molar refractivity (Wildman–Crippen MR) is 120 cm³/mol. The van der Waals surface area contributed by atoms with Crippen molar-refractivity contribution in [1.29, 1.82) is 0 Å². The van der Waals surface area contributed by atoms with Crippen LogP contribution in [0, 0.1) is 0 Å². The summed E-state index contributed by atoms with van der Waals surface area (Å²) in [4.78, 5) is 12.9. The van der Waals surface area contributed by atoms with Crippen LogP contribution >= 0.6 is 39.1 Å². The third-order valence-electron chi connectivity index (χ3n) is 4.01. The van der Waals surface area contributed by atoms with Gasteiger partial charge in [0.1, 0.15) is 5.69 Å². The quantitative estimate of drug-likeness (QED) is 0.471. The van der Waals surface area contributed by atoms with Crippen LogP contribution in [0.1, 0.15) is 31.3 Å². The summed E-state index contributed by atoms with van der Waals surface area (Å²) in [6.45, 7) is 5.71. The molecular weight excluding hydrogens is 477 g/mol. The molecule has 0 bridgehead atoms. The summed E-state index contributed by atoms with van der Waals surface area (Å²) in [5.74, 6) is 0.0182. The van der Waals surface area contributed by atoms with Crippen LogP contribution < -0.4 is 10.1 Å². The Bertz CT molecular complexity index is 1060. The molecule has 3 aromatic rings. The van der Waals surface area contributed by atoms with E-state index >= 15 is 0 Å². The number of ether oxygens (including phenoxy) is 1. The van der Waals surface area contributed by atoms with Crippen molar-refractivity contribution in [3.63, 3.8) is 0 Å². The molecule has 0 fully saturated rings. The maximum Gasteiger partial charge on any atom is 0.276 e. The summed E-state index contributed by atoms with van der Waals surface area (Å²) < 4.78 is 8.09. The number of nitrogens with one attached hydrogen (secondary N) is 1. The Morgan fingerprint density at radius 1 is 1.14 bits per heavy atom. The normalized spacial score (nSPS) is 11.4. The lowest BCUT2D eigenvalue weighted by Crippen LogP contribution is -2.40. The molecule has 1 N–H and O–H groups in total. The number of benzene rings is 2. The number of halogens is 3. The topological polar surface area (TPSA) is 56.1 Å².